The fraction of sp³-hybridized carbons (Fsp3) is 0.538. The van der Waals surface area contributed by atoms with Crippen molar-refractivity contribution < 1.29 is 0 Å². The van der Waals surface area contributed by atoms with Gasteiger partial charge in [0.1, 0.15) is 0 Å². The Bertz CT molecular complexity index is 292. The molecule has 0 aliphatic heterocycles. The van der Waals surface area contributed by atoms with Gasteiger partial charge in [-0.25, -0.2) is 0 Å². The van der Waals surface area contributed by atoms with Crippen LogP contribution in [0.3, 0.4) is 0 Å². The van der Waals surface area contributed by atoms with Crippen molar-refractivity contribution >= 4 is 11.3 Å². The Morgan fingerprint density at radius 3 is 2.86 bits per heavy atom. The van der Waals surface area contributed by atoms with Crippen LogP contribution in [0.25, 0.3) is 0 Å². The number of thiophene rings is 1. The van der Waals surface area contributed by atoms with Crippen molar-refractivity contribution in [1.29, 1.82) is 0 Å². The molecule has 76 valence electrons. The van der Waals surface area contributed by atoms with E-state index in [4.69, 9.17) is 0 Å². The van der Waals surface area contributed by atoms with Crippen molar-refractivity contribution in [3.8, 4) is 0 Å². The molecular formula is C13H18S. The SMILES string of the molecule is C=CCc1sccc1C1CCCCC1. The van der Waals surface area contributed by atoms with Gasteiger partial charge in [-0.15, -0.1) is 17.9 Å². The first-order chi connectivity index (χ1) is 6.92. The molecule has 1 heteroatoms. The number of hydrogen-bond donors (Lipinski definition) is 0. The van der Waals surface area contributed by atoms with Crippen molar-refractivity contribution in [2.24, 2.45) is 0 Å². The van der Waals surface area contributed by atoms with E-state index in [1.54, 1.807) is 10.4 Å². The molecule has 1 saturated carbocycles. The van der Waals surface area contributed by atoms with E-state index < -0.39 is 0 Å². The van der Waals surface area contributed by atoms with Gasteiger partial charge >= 0.3 is 0 Å². The van der Waals surface area contributed by atoms with Crippen LogP contribution >= 0.6 is 11.3 Å². The predicted molar refractivity (Wildman–Crippen MR) is 64.0 cm³/mol. The van der Waals surface area contributed by atoms with Crippen molar-refractivity contribution in [2.45, 2.75) is 44.4 Å². The highest BCUT2D eigenvalue weighted by Crippen LogP contribution is 2.36. The quantitative estimate of drug-likeness (QED) is 0.638. The van der Waals surface area contributed by atoms with Gasteiger partial charge in [-0.2, -0.15) is 0 Å². The highest BCUT2D eigenvalue weighted by atomic mass is 32.1. The van der Waals surface area contributed by atoms with E-state index in [1.807, 2.05) is 17.4 Å². The van der Waals surface area contributed by atoms with Crippen LogP contribution in [0, 0.1) is 0 Å². The molecule has 0 N–H and O–H groups in total. The first kappa shape index (κ1) is 9.97. The summed E-state index contributed by atoms with van der Waals surface area (Å²) in [4.78, 5) is 1.55. The number of rotatable bonds is 3. The van der Waals surface area contributed by atoms with Crippen LogP contribution in [-0.2, 0) is 6.42 Å². The fourth-order valence-corrected chi connectivity index (χ4v) is 3.39. The molecule has 1 aromatic heterocycles. The average Bonchev–Trinajstić information content (AvgIpc) is 2.68. The van der Waals surface area contributed by atoms with Gasteiger partial charge in [0.2, 0.25) is 0 Å². The van der Waals surface area contributed by atoms with E-state index >= 15 is 0 Å². The molecule has 1 heterocycles. The van der Waals surface area contributed by atoms with Gasteiger partial charge in [0.05, 0.1) is 0 Å². The van der Waals surface area contributed by atoms with Crippen molar-refractivity contribution in [2.75, 3.05) is 0 Å². The topological polar surface area (TPSA) is 0 Å². The smallest absolute Gasteiger partial charge is 0.0118 e. The highest BCUT2D eigenvalue weighted by Gasteiger charge is 2.18. The normalized spacial score (nSPS) is 18.3. The molecule has 0 atom stereocenters. The molecule has 1 aliphatic rings. The summed E-state index contributed by atoms with van der Waals surface area (Å²) in [5.74, 6) is 0.852. The fourth-order valence-electron chi connectivity index (χ4n) is 2.42. The second-order valence-electron chi connectivity index (χ2n) is 4.13. The summed E-state index contributed by atoms with van der Waals surface area (Å²) in [6.45, 7) is 3.83. The summed E-state index contributed by atoms with van der Waals surface area (Å²) in [6.07, 6.45) is 10.2. The highest BCUT2D eigenvalue weighted by molar-refractivity contribution is 7.10. The summed E-state index contributed by atoms with van der Waals surface area (Å²) in [5, 5.41) is 2.24. The Morgan fingerprint density at radius 1 is 1.36 bits per heavy atom. The molecule has 1 aromatic rings. The molecule has 0 amide bonds. The maximum absolute atomic E-state index is 3.83. The minimum atomic E-state index is 0.852. The molecule has 14 heavy (non-hydrogen) atoms. The van der Waals surface area contributed by atoms with Gasteiger partial charge < -0.3 is 0 Å². The molecule has 0 nitrogen and oxygen atoms in total. The first-order valence-corrected chi connectivity index (χ1v) is 6.47. The monoisotopic (exact) mass is 206 g/mol. The van der Waals surface area contributed by atoms with Crippen LogP contribution in [0.15, 0.2) is 24.1 Å². The van der Waals surface area contributed by atoms with Crippen molar-refractivity contribution in [3.63, 3.8) is 0 Å². The van der Waals surface area contributed by atoms with Gasteiger partial charge in [-0.05, 0) is 42.2 Å². The van der Waals surface area contributed by atoms with E-state index in [-0.39, 0.29) is 0 Å². The van der Waals surface area contributed by atoms with Crippen LogP contribution in [-0.4, -0.2) is 0 Å². The van der Waals surface area contributed by atoms with E-state index in [9.17, 15) is 0 Å². The largest absolute Gasteiger partial charge is 0.148 e. The third-order valence-electron chi connectivity index (χ3n) is 3.15. The Morgan fingerprint density at radius 2 is 2.14 bits per heavy atom. The summed E-state index contributed by atoms with van der Waals surface area (Å²) in [5.41, 5.74) is 1.62. The van der Waals surface area contributed by atoms with Crippen molar-refractivity contribution in [1.82, 2.24) is 0 Å². The standard InChI is InChI=1S/C13H18S/c1-2-6-13-12(9-10-14-13)11-7-4-3-5-8-11/h2,9-11H,1,3-8H2. The minimum Gasteiger partial charge on any atom is -0.148 e. The molecule has 0 radical (unpaired) electrons. The van der Waals surface area contributed by atoms with Crippen LogP contribution in [0.4, 0.5) is 0 Å². The Balaban J connectivity index is 2.12. The third-order valence-corrected chi connectivity index (χ3v) is 4.11. The third kappa shape index (κ3) is 2.09. The first-order valence-electron chi connectivity index (χ1n) is 5.59. The van der Waals surface area contributed by atoms with Crippen LogP contribution in [0.5, 0.6) is 0 Å². The maximum atomic E-state index is 3.83. The zero-order valence-corrected chi connectivity index (χ0v) is 9.48. The zero-order valence-electron chi connectivity index (χ0n) is 8.67. The number of hydrogen-bond acceptors (Lipinski definition) is 1. The molecule has 0 unspecified atom stereocenters. The van der Waals surface area contributed by atoms with E-state index in [0.717, 1.165) is 12.3 Å². The van der Waals surface area contributed by atoms with Gasteiger partial charge in [0.25, 0.3) is 0 Å². The Labute approximate surface area is 90.7 Å². The lowest BCUT2D eigenvalue weighted by atomic mass is 9.84. The van der Waals surface area contributed by atoms with Crippen LogP contribution in [0.1, 0.15) is 48.5 Å². The Kier molecular flexibility index (Phi) is 3.41. The van der Waals surface area contributed by atoms with E-state index in [1.165, 1.54) is 32.1 Å². The lowest BCUT2D eigenvalue weighted by Crippen LogP contribution is -2.05. The maximum Gasteiger partial charge on any atom is 0.0118 e. The zero-order chi connectivity index (χ0) is 9.80. The molecule has 0 saturated heterocycles. The molecule has 1 fully saturated rings. The Hall–Kier alpha value is -0.560. The minimum absolute atomic E-state index is 0.852. The van der Waals surface area contributed by atoms with Gasteiger partial charge in [-0.3, -0.25) is 0 Å². The summed E-state index contributed by atoms with van der Waals surface area (Å²) in [6, 6.07) is 2.33. The second kappa shape index (κ2) is 4.79. The molecule has 2 rings (SSSR count). The molecule has 0 bridgehead atoms. The van der Waals surface area contributed by atoms with E-state index in [2.05, 4.69) is 18.0 Å². The lowest BCUT2D eigenvalue weighted by Gasteiger charge is -2.22. The summed E-state index contributed by atoms with van der Waals surface area (Å²) < 4.78 is 0. The van der Waals surface area contributed by atoms with Gasteiger partial charge in [0, 0.05) is 4.88 Å². The van der Waals surface area contributed by atoms with E-state index in [0.29, 0.717) is 0 Å². The molecular weight excluding hydrogens is 188 g/mol. The summed E-state index contributed by atoms with van der Waals surface area (Å²) >= 11 is 1.90. The summed E-state index contributed by atoms with van der Waals surface area (Å²) in [7, 11) is 0. The van der Waals surface area contributed by atoms with Crippen LogP contribution in [0.2, 0.25) is 0 Å². The molecule has 1 aliphatic carbocycles. The molecule has 0 spiro atoms. The van der Waals surface area contributed by atoms with Gasteiger partial charge in [0.15, 0.2) is 0 Å². The van der Waals surface area contributed by atoms with Crippen molar-refractivity contribution in [3.05, 3.63) is 34.5 Å². The second-order valence-corrected chi connectivity index (χ2v) is 5.13. The number of allylic oxidation sites excluding steroid dienone is 1. The van der Waals surface area contributed by atoms with Gasteiger partial charge in [-0.1, -0.05) is 25.3 Å². The molecule has 0 aromatic carbocycles. The lowest BCUT2D eigenvalue weighted by molar-refractivity contribution is 0.443. The predicted octanol–water partition coefficient (Wildman–Crippen LogP) is 4.52. The van der Waals surface area contributed by atoms with Crippen LogP contribution < -0.4 is 0 Å². The average molecular weight is 206 g/mol.